The summed E-state index contributed by atoms with van der Waals surface area (Å²) in [6.07, 6.45) is 1.92. The highest BCUT2D eigenvalue weighted by Crippen LogP contribution is 2.21. The molecule has 0 unspecified atom stereocenters. The lowest BCUT2D eigenvalue weighted by atomic mass is 10.0. The Morgan fingerprint density at radius 1 is 1.12 bits per heavy atom. The maximum atomic E-state index is 12.4. The van der Waals surface area contributed by atoms with Gasteiger partial charge >= 0.3 is 0 Å². The average Bonchev–Trinajstić information content (AvgIpc) is 3.17. The van der Waals surface area contributed by atoms with Gasteiger partial charge in [0.1, 0.15) is 0 Å². The second-order valence-corrected chi connectivity index (χ2v) is 6.88. The highest BCUT2D eigenvalue weighted by atomic mass is 32.2. The van der Waals surface area contributed by atoms with Gasteiger partial charge in [0.15, 0.2) is 5.82 Å². The van der Waals surface area contributed by atoms with Crippen molar-refractivity contribution in [2.24, 2.45) is 0 Å². The van der Waals surface area contributed by atoms with Gasteiger partial charge in [-0.1, -0.05) is 85.8 Å². The van der Waals surface area contributed by atoms with Gasteiger partial charge < -0.3 is 5.32 Å². The standard InChI is InChI=1S/C20H22N4OS/c1-2-9-17(15-10-5-3-6-11-15)21-18(25)14-26-20-22-19(23-24-20)16-12-7-4-8-13-16/h3-8,10-13,17H,2,9,14H2,1H3,(H,21,25)(H,22,23,24)/t17-/m0/s1. The van der Waals surface area contributed by atoms with E-state index in [2.05, 4.69) is 39.6 Å². The fourth-order valence-corrected chi connectivity index (χ4v) is 3.31. The van der Waals surface area contributed by atoms with Gasteiger partial charge in [-0.15, -0.1) is 5.10 Å². The predicted molar refractivity (Wildman–Crippen MR) is 105 cm³/mol. The number of carbonyl (C=O) groups excluding carboxylic acids is 1. The van der Waals surface area contributed by atoms with Crippen molar-refractivity contribution < 1.29 is 4.79 Å². The van der Waals surface area contributed by atoms with Crippen LogP contribution >= 0.6 is 11.8 Å². The summed E-state index contributed by atoms with van der Waals surface area (Å²) in [4.78, 5) is 16.8. The van der Waals surface area contributed by atoms with Gasteiger partial charge in [-0.25, -0.2) is 4.98 Å². The van der Waals surface area contributed by atoms with Crippen LogP contribution in [0.3, 0.4) is 0 Å². The van der Waals surface area contributed by atoms with Crippen LogP contribution in [0.4, 0.5) is 0 Å². The number of aromatic amines is 1. The molecular formula is C20H22N4OS. The Morgan fingerprint density at radius 3 is 2.50 bits per heavy atom. The molecule has 134 valence electrons. The molecule has 0 saturated carbocycles. The van der Waals surface area contributed by atoms with Gasteiger partial charge in [0, 0.05) is 5.56 Å². The molecule has 1 aromatic heterocycles. The van der Waals surface area contributed by atoms with Crippen molar-refractivity contribution in [1.82, 2.24) is 20.5 Å². The summed E-state index contributed by atoms with van der Waals surface area (Å²) in [5.41, 5.74) is 2.11. The van der Waals surface area contributed by atoms with Crippen molar-refractivity contribution in [3.63, 3.8) is 0 Å². The molecule has 1 amide bonds. The molecule has 3 rings (SSSR count). The number of benzene rings is 2. The van der Waals surface area contributed by atoms with Crippen LogP contribution in [-0.2, 0) is 4.79 Å². The third kappa shape index (κ3) is 4.95. The van der Waals surface area contributed by atoms with Gasteiger partial charge in [0.25, 0.3) is 0 Å². The Hall–Kier alpha value is -2.60. The summed E-state index contributed by atoms with van der Waals surface area (Å²) in [5, 5.41) is 10.8. The number of nitrogens with one attached hydrogen (secondary N) is 2. The molecule has 0 fully saturated rings. The fourth-order valence-electron chi connectivity index (χ4n) is 2.70. The zero-order valence-electron chi connectivity index (χ0n) is 14.7. The average molecular weight is 366 g/mol. The first-order valence-corrected chi connectivity index (χ1v) is 9.69. The first kappa shape index (κ1) is 18.2. The van der Waals surface area contributed by atoms with E-state index in [1.807, 2.05) is 48.5 Å². The minimum atomic E-state index is -0.0108. The van der Waals surface area contributed by atoms with Crippen LogP contribution in [0.2, 0.25) is 0 Å². The maximum absolute atomic E-state index is 12.4. The van der Waals surface area contributed by atoms with Crippen LogP contribution in [0.1, 0.15) is 31.4 Å². The van der Waals surface area contributed by atoms with E-state index < -0.39 is 0 Å². The molecule has 0 aliphatic rings. The Balaban J connectivity index is 1.56. The van der Waals surface area contributed by atoms with Gasteiger partial charge in [0.05, 0.1) is 11.8 Å². The van der Waals surface area contributed by atoms with Crippen LogP contribution in [0.5, 0.6) is 0 Å². The molecule has 0 bridgehead atoms. The Morgan fingerprint density at radius 2 is 1.81 bits per heavy atom. The molecule has 1 atom stereocenters. The Labute approximate surface area is 157 Å². The summed E-state index contributed by atoms with van der Waals surface area (Å²) in [5.74, 6) is 0.990. The van der Waals surface area contributed by atoms with Gasteiger partial charge in [-0.3, -0.25) is 9.89 Å². The van der Waals surface area contributed by atoms with Crippen molar-refractivity contribution in [2.75, 3.05) is 5.75 Å². The summed E-state index contributed by atoms with van der Waals surface area (Å²) in [7, 11) is 0. The lowest BCUT2D eigenvalue weighted by molar-refractivity contribution is -0.119. The van der Waals surface area contributed by atoms with Crippen LogP contribution < -0.4 is 5.32 Å². The predicted octanol–water partition coefficient (Wildman–Crippen LogP) is 4.22. The third-order valence-corrected chi connectivity index (χ3v) is 4.81. The highest BCUT2D eigenvalue weighted by molar-refractivity contribution is 7.99. The maximum Gasteiger partial charge on any atom is 0.230 e. The number of rotatable bonds is 8. The molecule has 0 radical (unpaired) electrons. The minimum absolute atomic E-state index is 0.0108. The van der Waals surface area contributed by atoms with Crippen LogP contribution in [0.15, 0.2) is 65.8 Å². The SMILES string of the molecule is CCC[C@H](NC(=O)CSc1n[nH]c(-c2ccccc2)n1)c1ccccc1. The molecular weight excluding hydrogens is 344 g/mol. The van der Waals surface area contributed by atoms with Crippen molar-refractivity contribution >= 4 is 17.7 Å². The number of H-pyrrole nitrogens is 1. The van der Waals surface area contributed by atoms with Crippen molar-refractivity contribution in [3.8, 4) is 11.4 Å². The van der Waals surface area contributed by atoms with E-state index in [0.717, 1.165) is 24.0 Å². The zero-order valence-corrected chi connectivity index (χ0v) is 15.5. The first-order valence-electron chi connectivity index (χ1n) is 8.71. The molecule has 0 aliphatic carbocycles. The fraction of sp³-hybridized carbons (Fsp3) is 0.250. The van der Waals surface area contributed by atoms with Crippen molar-refractivity contribution in [3.05, 3.63) is 66.2 Å². The second-order valence-electron chi connectivity index (χ2n) is 5.94. The molecule has 0 aliphatic heterocycles. The van der Waals surface area contributed by atoms with Gasteiger partial charge in [0.2, 0.25) is 11.1 Å². The van der Waals surface area contributed by atoms with Crippen LogP contribution in [0.25, 0.3) is 11.4 Å². The number of nitrogens with zero attached hydrogens (tertiary/aromatic N) is 2. The zero-order chi connectivity index (χ0) is 18.2. The molecule has 1 heterocycles. The molecule has 5 nitrogen and oxygen atoms in total. The quantitative estimate of drug-likeness (QED) is 0.586. The summed E-state index contributed by atoms with van der Waals surface area (Å²) >= 11 is 1.33. The van der Waals surface area contributed by atoms with E-state index in [1.165, 1.54) is 11.8 Å². The Bertz CT molecular complexity index is 820. The van der Waals surface area contributed by atoms with E-state index in [0.29, 0.717) is 16.7 Å². The van der Waals surface area contributed by atoms with Crippen molar-refractivity contribution in [1.29, 1.82) is 0 Å². The lowest BCUT2D eigenvalue weighted by Gasteiger charge is -2.18. The third-order valence-electron chi connectivity index (χ3n) is 3.96. The van der Waals surface area contributed by atoms with E-state index in [9.17, 15) is 4.79 Å². The molecule has 2 N–H and O–H groups in total. The smallest absolute Gasteiger partial charge is 0.230 e. The highest BCUT2D eigenvalue weighted by Gasteiger charge is 2.15. The number of hydrogen-bond acceptors (Lipinski definition) is 4. The Kier molecular flexibility index (Phi) is 6.44. The van der Waals surface area contributed by atoms with Crippen LogP contribution in [-0.4, -0.2) is 26.8 Å². The van der Waals surface area contributed by atoms with E-state index in [1.54, 1.807) is 0 Å². The number of hydrogen-bond donors (Lipinski definition) is 2. The van der Waals surface area contributed by atoms with E-state index in [-0.39, 0.29) is 11.9 Å². The number of amides is 1. The summed E-state index contributed by atoms with van der Waals surface area (Å²) in [6.45, 7) is 2.12. The number of thioether (sulfide) groups is 1. The topological polar surface area (TPSA) is 70.7 Å². The molecule has 3 aromatic rings. The molecule has 26 heavy (non-hydrogen) atoms. The van der Waals surface area contributed by atoms with E-state index in [4.69, 9.17) is 0 Å². The lowest BCUT2D eigenvalue weighted by Crippen LogP contribution is -2.29. The summed E-state index contributed by atoms with van der Waals surface area (Å²) in [6, 6.07) is 19.9. The monoisotopic (exact) mass is 366 g/mol. The van der Waals surface area contributed by atoms with E-state index >= 15 is 0 Å². The number of carbonyl (C=O) groups is 1. The molecule has 2 aromatic carbocycles. The summed E-state index contributed by atoms with van der Waals surface area (Å²) < 4.78 is 0. The number of aromatic nitrogens is 3. The molecule has 0 spiro atoms. The second kappa shape index (κ2) is 9.20. The van der Waals surface area contributed by atoms with Gasteiger partial charge in [-0.05, 0) is 12.0 Å². The van der Waals surface area contributed by atoms with Crippen molar-refractivity contribution in [2.45, 2.75) is 31.0 Å². The largest absolute Gasteiger partial charge is 0.349 e. The van der Waals surface area contributed by atoms with Crippen LogP contribution in [0, 0.1) is 0 Å². The first-order chi connectivity index (χ1) is 12.8. The molecule has 0 saturated heterocycles. The normalized spacial score (nSPS) is 11.9. The minimum Gasteiger partial charge on any atom is -0.349 e. The molecule has 6 heteroatoms. The van der Waals surface area contributed by atoms with Gasteiger partial charge in [-0.2, -0.15) is 0 Å².